The van der Waals surface area contributed by atoms with Crippen LogP contribution in [0, 0.1) is 16.7 Å². The molecule has 4 nitrogen and oxygen atoms in total. The fourth-order valence-electron chi connectivity index (χ4n) is 3.11. The summed E-state index contributed by atoms with van der Waals surface area (Å²) in [6.07, 6.45) is -0.630. The highest BCUT2D eigenvalue weighted by molar-refractivity contribution is 6.30. The average Bonchev–Trinajstić information content (AvgIpc) is 2.56. The van der Waals surface area contributed by atoms with Gasteiger partial charge in [0.15, 0.2) is 0 Å². The predicted molar refractivity (Wildman–Crippen MR) is 103 cm³/mol. The quantitative estimate of drug-likeness (QED) is 0.736. The molecule has 0 bridgehead atoms. The molecule has 26 heavy (non-hydrogen) atoms. The standard InChI is InChI=1S/C21H23ClN2O2/c1-21(2,3)19(17-8-4-15(5-9-17)12-13-23)24(20(25)26)14-16-6-10-18(22)11-7-16/h4-11,19H,12,14H2,1-3H3,(H,25,26). The molecule has 5 heteroatoms. The number of carbonyl (C=O) groups is 1. The van der Waals surface area contributed by atoms with E-state index in [-0.39, 0.29) is 18.0 Å². The number of benzene rings is 2. The Morgan fingerprint density at radius 3 is 2.12 bits per heavy atom. The fraction of sp³-hybridized carbons (Fsp3) is 0.333. The van der Waals surface area contributed by atoms with Gasteiger partial charge >= 0.3 is 6.09 Å². The first kappa shape index (κ1) is 19.8. The second-order valence-electron chi connectivity index (χ2n) is 7.38. The molecule has 0 saturated carbocycles. The molecule has 0 aromatic heterocycles. The van der Waals surface area contributed by atoms with E-state index in [9.17, 15) is 9.90 Å². The summed E-state index contributed by atoms with van der Waals surface area (Å²) < 4.78 is 0. The lowest BCUT2D eigenvalue weighted by atomic mass is 9.81. The lowest BCUT2D eigenvalue weighted by Gasteiger charge is -2.39. The van der Waals surface area contributed by atoms with Crippen molar-refractivity contribution in [2.75, 3.05) is 0 Å². The molecular formula is C21H23ClN2O2. The van der Waals surface area contributed by atoms with Crippen molar-refractivity contribution in [1.29, 1.82) is 5.26 Å². The number of nitrogens with zero attached hydrogens (tertiary/aromatic N) is 2. The van der Waals surface area contributed by atoms with Crippen molar-refractivity contribution in [3.8, 4) is 6.07 Å². The van der Waals surface area contributed by atoms with E-state index in [1.807, 2.05) is 57.2 Å². The van der Waals surface area contributed by atoms with E-state index in [1.54, 1.807) is 12.1 Å². The molecule has 0 aliphatic rings. The lowest BCUT2D eigenvalue weighted by Crippen LogP contribution is -2.40. The highest BCUT2D eigenvalue weighted by Crippen LogP contribution is 2.39. The minimum Gasteiger partial charge on any atom is -0.465 e. The molecular weight excluding hydrogens is 348 g/mol. The summed E-state index contributed by atoms with van der Waals surface area (Å²) >= 11 is 5.93. The van der Waals surface area contributed by atoms with E-state index in [0.29, 0.717) is 11.4 Å². The van der Waals surface area contributed by atoms with E-state index in [2.05, 4.69) is 6.07 Å². The van der Waals surface area contributed by atoms with Crippen molar-refractivity contribution in [2.45, 2.75) is 39.8 Å². The Balaban J connectivity index is 2.39. The van der Waals surface area contributed by atoms with Gasteiger partial charge < -0.3 is 5.11 Å². The molecule has 2 rings (SSSR count). The maximum atomic E-state index is 12.1. The van der Waals surface area contributed by atoms with Crippen LogP contribution < -0.4 is 0 Å². The summed E-state index contributed by atoms with van der Waals surface area (Å²) in [6, 6.07) is 16.6. The third-order valence-corrected chi connectivity index (χ3v) is 4.47. The first-order valence-corrected chi connectivity index (χ1v) is 8.80. The molecule has 1 atom stereocenters. The van der Waals surface area contributed by atoms with Gasteiger partial charge in [0.2, 0.25) is 0 Å². The molecule has 1 amide bonds. The van der Waals surface area contributed by atoms with Gasteiger partial charge in [-0.25, -0.2) is 4.79 Å². The van der Waals surface area contributed by atoms with E-state index in [0.717, 1.165) is 16.7 Å². The van der Waals surface area contributed by atoms with Crippen LogP contribution in [0.25, 0.3) is 0 Å². The molecule has 0 radical (unpaired) electrons. The smallest absolute Gasteiger partial charge is 0.408 e. The molecule has 0 heterocycles. The van der Waals surface area contributed by atoms with Crippen molar-refractivity contribution in [3.63, 3.8) is 0 Å². The predicted octanol–water partition coefficient (Wildman–Crippen LogP) is 5.67. The number of hydrogen-bond donors (Lipinski definition) is 1. The van der Waals surface area contributed by atoms with Gasteiger partial charge in [0.25, 0.3) is 0 Å². The van der Waals surface area contributed by atoms with Gasteiger partial charge in [-0.1, -0.05) is 68.8 Å². The normalized spacial score (nSPS) is 12.3. The van der Waals surface area contributed by atoms with Crippen LogP contribution in [0.5, 0.6) is 0 Å². The van der Waals surface area contributed by atoms with Crippen molar-refractivity contribution < 1.29 is 9.90 Å². The third-order valence-electron chi connectivity index (χ3n) is 4.22. The van der Waals surface area contributed by atoms with Gasteiger partial charge in [0.05, 0.1) is 18.5 Å². The van der Waals surface area contributed by atoms with Crippen molar-refractivity contribution in [1.82, 2.24) is 4.90 Å². The van der Waals surface area contributed by atoms with Gasteiger partial charge in [-0.3, -0.25) is 4.90 Å². The van der Waals surface area contributed by atoms with Crippen LogP contribution in [0.15, 0.2) is 48.5 Å². The summed E-state index contributed by atoms with van der Waals surface area (Å²) in [7, 11) is 0. The van der Waals surface area contributed by atoms with E-state index in [4.69, 9.17) is 16.9 Å². The van der Waals surface area contributed by atoms with Crippen molar-refractivity contribution in [3.05, 3.63) is 70.2 Å². The molecule has 0 saturated heterocycles. The number of amides is 1. The Morgan fingerprint density at radius 1 is 1.12 bits per heavy atom. The van der Waals surface area contributed by atoms with Crippen LogP contribution in [-0.2, 0) is 13.0 Å². The number of nitriles is 1. The SMILES string of the molecule is CC(C)(C)C(c1ccc(CC#N)cc1)N(Cc1ccc(Cl)cc1)C(=O)O. The van der Waals surface area contributed by atoms with Crippen LogP contribution in [0.1, 0.15) is 43.5 Å². The summed E-state index contributed by atoms with van der Waals surface area (Å²) in [5, 5.41) is 19.3. The Kier molecular flexibility index (Phi) is 6.28. The summed E-state index contributed by atoms with van der Waals surface area (Å²) in [4.78, 5) is 13.5. The molecule has 136 valence electrons. The van der Waals surface area contributed by atoms with E-state index < -0.39 is 6.09 Å². The Labute approximate surface area is 159 Å². The second-order valence-corrected chi connectivity index (χ2v) is 7.82. The molecule has 2 aromatic rings. The molecule has 0 spiro atoms. The van der Waals surface area contributed by atoms with Gasteiger partial charge in [-0.05, 0) is 34.2 Å². The average molecular weight is 371 g/mol. The first-order valence-electron chi connectivity index (χ1n) is 8.42. The van der Waals surface area contributed by atoms with Gasteiger partial charge in [0, 0.05) is 11.6 Å². The molecule has 0 aliphatic heterocycles. The monoisotopic (exact) mass is 370 g/mol. The number of halogens is 1. The van der Waals surface area contributed by atoms with Gasteiger partial charge in [0.1, 0.15) is 0 Å². The Bertz CT molecular complexity index is 787. The summed E-state index contributed by atoms with van der Waals surface area (Å²) in [5.41, 5.74) is 2.41. The van der Waals surface area contributed by atoms with E-state index in [1.165, 1.54) is 4.90 Å². The minimum absolute atomic E-state index is 0.272. The number of rotatable bonds is 5. The molecule has 0 aliphatic carbocycles. The minimum atomic E-state index is -0.971. The highest BCUT2D eigenvalue weighted by Gasteiger charge is 2.34. The maximum absolute atomic E-state index is 12.1. The van der Waals surface area contributed by atoms with Gasteiger partial charge in [-0.15, -0.1) is 0 Å². The maximum Gasteiger partial charge on any atom is 0.408 e. The number of hydrogen-bond acceptors (Lipinski definition) is 2. The van der Waals surface area contributed by atoms with Crippen LogP contribution in [0.2, 0.25) is 5.02 Å². The van der Waals surface area contributed by atoms with Crippen LogP contribution >= 0.6 is 11.6 Å². The zero-order chi connectivity index (χ0) is 19.3. The molecule has 2 aromatic carbocycles. The summed E-state index contributed by atoms with van der Waals surface area (Å²) in [6.45, 7) is 6.35. The Morgan fingerprint density at radius 2 is 1.65 bits per heavy atom. The third kappa shape index (κ3) is 5.00. The van der Waals surface area contributed by atoms with Crippen LogP contribution in [0.4, 0.5) is 4.79 Å². The second kappa shape index (κ2) is 8.25. The Hall–Kier alpha value is -2.51. The number of carboxylic acid groups (broad SMARTS) is 1. The van der Waals surface area contributed by atoms with Crippen molar-refractivity contribution in [2.24, 2.45) is 5.41 Å². The summed E-state index contributed by atoms with van der Waals surface area (Å²) in [5.74, 6) is 0. The highest BCUT2D eigenvalue weighted by atomic mass is 35.5. The van der Waals surface area contributed by atoms with Gasteiger partial charge in [-0.2, -0.15) is 5.26 Å². The molecule has 1 unspecified atom stereocenters. The zero-order valence-corrected chi connectivity index (χ0v) is 16.0. The fourth-order valence-corrected chi connectivity index (χ4v) is 3.24. The molecule has 0 fully saturated rings. The van der Waals surface area contributed by atoms with Crippen LogP contribution in [-0.4, -0.2) is 16.1 Å². The first-order chi connectivity index (χ1) is 12.2. The van der Waals surface area contributed by atoms with E-state index >= 15 is 0 Å². The zero-order valence-electron chi connectivity index (χ0n) is 15.2. The topological polar surface area (TPSA) is 64.3 Å². The van der Waals surface area contributed by atoms with Crippen molar-refractivity contribution >= 4 is 17.7 Å². The lowest BCUT2D eigenvalue weighted by molar-refractivity contribution is 0.0769. The molecule has 1 N–H and O–H groups in total. The van der Waals surface area contributed by atoms with Crippen LogP contribution in [0.3, 0.4) is 0 Å². The largest absolute Gasteiger partial charge is 0.465 e.